The Labute approximate surface area is 170 Å². The molecule has 0 spiro atoms. The lowest BCUT2D eigenvalue weighted by Gasteiger charge is -2.31. The lowest BCUT2D eigenvalue weighted by molar-refractivity contribution is 0.0876. The first-order chi connectivity index (χ1) is 13.6. The Bertz CT molecular complexity index is 851. The van der Waals surface area contributed by atoms with Gasteiger partial charge in [-0.3, -0.25) is 14.5 Å². The van der Waals surface area contributed by atoms with Crippen molar-refractivity contribution in [1.82, 2.24) is 9.80 Å². The SMILES string of the molecule is CN1CCN(CC(=O)c2ccc(NC(=O)c3csc4c3CCCC4)cc2)CC1. The molecule has 148 valence electrons. The summed E-state index contributed by atoms with van der Waals surface area (Å²) >= 11 is 1.70. The van der Waals surface area contributed by atoms with Crippen LogP contribution in [-0.2, 0) is 12.8 Å². The molecule has 6 heteroatoms. The number of anilines is 1. The number of nitrogens with one attached hydrogen (secondary N) is 1. The van der Waals surface area contributed by atoms with E-state index in [1.54, 1.807) is 11.3 Å². The highest BCUT2D eigenvalue weighted by Crippen LogP contribution is 2.30. The Balaban J connectivity index is 1.36. The van der Waals surface area contributed by atoms with Gasteiger partial charge in [-0.2, -0.15) is 0 Å². The summed E-state index contributed by atoms with van der Waals surface area (Å²) in [5, 5.41) is 4.97. The number of fused-ring (bicyclic) bond motifs is 1. The molecule has 1 aromatic carbocycles. The van der Waals surface area contributed by atoms with Crippen LogP contribution in [0.5, 0.6) is 0 Å². The van der Waals surface area contributed by atoms with Gasteiger partial charge in [-0.15, -0.1) is 11.3 Å². The Kier molecular flexibility index (Phi) is 5.90. The van der Waals surface area contributed by atoms with Crippen molar-refractivity contribution in [2.75, 3.05) is 45.1 Å². The molecule has 1 aromatic heterocycles. The fourth-order valence-corrected chi connectivity index (χ4v) is 5.05. The van der Waals surface area contributed by atoms with Gasteiger partial charge in [0.05, 0.1) is 12.1 Å². The Morgan fingerprint density at radius 3 is 2.50 bits per heavy atom. The molecular weight excluding hydrogens is 370 g/mol. The van der Waals surface area contributed by atoms with E-state index in [2.05, 4.69) is 22.2 Å². The Morgan fingerprint density at radius 1 is 1.04 bits per heavy atom. The van der Waals surface area contributed by atoms with E-state index in [4.69, 9.17) is 0 Å². The number of carbonyl (C=O) groups is 2. The fraction of sp³-hybridized carbons (Fsp3) is 0.455. The predicted molar refractivity (Wildman–Crippen MR) is 114 cm³/mol. The standard InChI is InChI=1S/C22H27N3O2S/c1-24-10-12-25(13-11-24)14-20(26)16-6-8-17(9-7-16)23-22(27)19-15-28-21-5-3-2-4-18(19)21/h6-9,15H,2-5,10-14H2,1H3,(H,23,27). The van der Waals surface area contributed by atoms with Crippen molar-refractivity contribution in [3.05, 3.63) is 51.2 Å². The van der Waals surface area contributed by atoms with Crippen molar-refractivity contribution in [3.63, 3.8) is 0 Å². The van der Waals surface area contributed by atoms with E-state index in [0.29, 0.717) is 12.1 Å². The van der Waals surface area contributed by atoms with Crippen LogP contribution >= 0.6 is 11.3 Å². The van der Waals surface area contributed by atoms with E-state index in [0.717, 1.165) is 56.7 Å². The second kappa shape index (κ2) is 8.55. The number of amides is 1. The number of aryl methyl sites for hydroxylation is 1. The number of piperazine rings is 1. The lowest BCUT2D eigenvalue weighted by Crippen LogP contribution is -2.46. The van der Waals surface area contributed by atoms with Crippen molar-refractivity contribution in [3.8, 4) is 0 Å². The summed E-state index contributed by atoms with van der Waals surface area (Å²) in [7, 11) is 2.11. The third-order valence-corrected chi connectivity index (χ3v) is 6.82. The lowest BCUT2D eigenvalue weighted by atomic mass is 9.95. The maximum absolute atomic E-state index is 12.7. The molecule has 2 heterocycles. The van der Waals surface area contributed by atoms with E-state index in [-0.39, 0.29) is 11.7 Å². The van der Waals surface area contributed by atoms with Crippen molar-refractivity contribution in [2.45, 2.75) is 25.7 Å². The fourth-order valence-electron chi connectivity index (χ4n) is 3.92. The molecule has 1 aliphatic carbocycles. The van der Waals surface area contributed by atoms with Gasteiger partial charge in [0.25, 0.3) is 5.91 Å². The largest absolute Gasteiger partial charge is 0.322 e. The third kappa shape index (κ3) is 4.35. The second-order valence-corrected chi connectivity index (χ2v) is 8.76. The van der Waals surface area contributed by atoms with Crippen LogP contribution < -0.4 is 5.32 Å². The van der Waals surface area contributed by atoms with Gasteiger partial charge in [0.2, 0.25) is 0 Å². The van der Waals surface area contributed by atoms with Crippen LogP contribution in [0, 0.1) is 0 Å². The molecule has 2 aromatic rings. The van der Waals surface area contributed by atoms with Crippen molar-refractivity contribution < 1.29 is 9.59 Å². The van der Waals surface area contributed by atoms with Crippen LogP contribution in [0.1, 0.15) is 44.0 Å². The maximum Gasteiger partial charge on any atom is 0.256 e. The van der Waals surface area contributed by atoms with Crippen LogP contribution in [-0.4, -0.2) is 61.3 Å². The first-order valence-electron chi connectivity index (χ1n) is 10.0. The summed E-state index contributed by atoms with van der Waals surface area (Å²) in [5.74, 6) is 0.0882. The third-order valence-electron chi connectivity index (χ3n) is 5.73. The van der Waals surface area contributed by atoms with E-state index in [1.165, 1.54) is 16.9 Å². The van der Waals surface area contributed by atoms with Gasteiger partial charge in [0.15, 0.2) is 5.78 Å². The molecule has 0 radical (unpaired) electrons. The van der Waals surface area contributed by atoms with E-state index in [9.17, 15) is 9.59 Å². The average molecular weight is 398 g/mol. The molecular formula is C22H27N3O2S. The predicted octanol–water partition coefficient (Wildman–Crippen LogP) is 3.31. The van der Waals surface area contributed by atoms with Crippen LogP contribution in [0.4, 0.5) is 5.69 Å². The highest BCUT2D eigenvalue weighted by molar-refractivity contribution is 7.10. The number of benzene rings is 1. The minimum absolute atomic E-state index is 0.0455. The van der Waals surface area contributed by atoms with E-state index < -0.39 is 0 Å². The van der Waals surface area contributed by atoms with Gasteiger partial charge in [-0.1, -0.05) is 0 Å². The van der Waals surface area contributed by atoms with Crippen molar-refractivity contribution in [2.24, 2.45) is 0 Å². The molecule has 0 atom stereocenters. The van der Waals surface area contributed by atoms with Gasteiger partial charge in [0, 0.05) is 47.7 Å². The molecule has 5 nitrogen and oxygen atoms in total. The number of thiophene rings is 1. The summed E-state index contributed by atoms with van der Waals surface area (Å²) in [4.78, 5) is 31.1. The topological polar surface area (TPSA) is 52.6 Å². The Morgan fingerprint density at radius 2 is 1.75 bits per heavy atom. The molecule has 0 bridgehead atoms. The van der Waals surface area contributed by atoms with Gasteiger partial charge in [-0.25, -0.2) is 0 Å². The number of ketones is 1. The second-order valence-electron chi connectivity index (χ2n) is 7.79. The van der Waals surface area contributed by atoms with Crippen LogP contribution in [0.15, 0.2) is 29.6 Å². The maximum atomic E-state index is 12.7. The smallest absolute Gasteiger partial charge is 0.256 e. The van der Waals surface area contributed by atoms with Gasteiger partial charge in [0.1, 0.15) is 0 Å². The van der Waals surface area contributed by atoms with Crippen LogP contribution in [0.25, 0.3) is 0 Å². The van der Waals surface area contributed by atoms with Gasteiger partial charge in [-0.05, 0) is 62.6 Å². The van der Waals surface area contributed by atoms with Crippen LogP contribution in [0.2, 0.25) is 0 Å². The molecule has 0 unspecified atom stereocenters. The number of hydrogen-bond donors (Lipinski definition) is 1. The molecule has 4 rings (SSSR count). The van der Waals surface area contributed by atoms with Gasteiger partial charge < -0.3 is 10.2 Å². The molecule has 1 saturated heterocycles. The first kappa shape index (κ1) is 19.3. The molecule has 28 heavy (non-hydrogen) atoms. The normalized spacial score (nSPS) is 17.9. The molecule has 1 fully saturated rings. The first-order valence-corrected chi connectivity index (χ1v) is 10.9. The average Bonchev–Trinajstić information content (AvgIpc) is 3.14. The number of Topliss-reactive ketones (excluding diaryl/α,β-unsaturated/α-hetero) is 1. The zero-order valence-corrected chi connectivity index (χ0v) is 17.2. The molecule has 0 saturated carbocycles. The zero-order valence-electron chi connectivity index (χ0n) is 16.4. The zero-order chi connectivity index (χ0) is 19.5. The number of likely N-dealkylation sites (N-methyl/N-ethyl adjacent to an activating group) is 1. The summed E-state index contributed by atoms with van der Waals surface area (Å²) in [6, 6.07) is 7.29. The summed E-state index contributed by atoms with van der Waals surface area (Å²) in [6.07, 6.45) is 4.48. The molecule has 2 aliphatic rings. The van der Waals surface area contributed by atoms with Crippen LogP contribution in [0.3, 0.4) is 0 Å². The van der Waals surface area contributed by atoms with Gasteiger partial charge >= 0.3 is 0 Å². The van der Waals surface area contributed by atoms with E-state index >= 15 is 0 Å². The monoisotopic (exact) mass is 397 g/mol. The number of hydrogen-bond acceptors (Lipinski definition) is 5. The number of carbonyl (C=O) groups excluding carboxylic acids is 2. The quantitative estimate of drug-likeness (QED) is 0.787. The minimum atomic E-state index is -0.0455. The summed E-state index contributed by atoms with van der Waals surface area (Å²) in [6.45, 7) is 4.33. The number of rotatable bonds is 5. The Hall–Kier alpha value is -2.02. The molecule has 1 N–H and O–H groups in total. The molecule has 1 aliphatic heterocycles. The summed E-state index contributed by atoms with van der Waals surface area (Å²) < 4.78 is 0. The number of nitrogens with zero attached hydrogens (tertiary/aromatic N) is 2. The highest BCUT2D eigenvalue weighted by atomic mass is 32.1. The molecule has 1 amide bonds. The van der Waals surface area contributed by atoms with E-state index in [1.807, 2.05) is 29.6 Å². The highest BCUT2D eigenvalue weighted by Gasteiger charge is 2.21. The summed E-state index contributed by atoms with van der Waals surface area (Å²) in [5.41, 5.74) is 3.48. The van der Waals surface area contributed by atoms with Crippen molar-refractivity contribution >= 4 is 28.7 Å². The van der Waals surface area contributed by atoms with Crippen molar-refractivity contribution in [1.29, 1.82) is 0 Å². The minimum Gasteiger partial charge on any atom is -0.322 e.